The molecule has 0 N–H and O–H groups in total. The second-order valence-corrected chi connectivity index (χ2v) is 4.33. The van der Waals surface area contributed by atoms with Gasteiger partial charge in [-0.2, -0.15) is 0 Å². The Morgan fingerprint density at radius 1 is 1.38 bits per heavy atom. The molecular weight excluding hydrogens is 345 g/mol. The summed E-state index contributed by atoms with van der Waals surface area (Å²) in [5, 5.41) is 0. The van der Waals surface area contributed by atoms with Crippen molar-refractivity contribution in [2.75, 3.05) is 0 Å². The molecule has 4 heteroatoms. The van der Waals surface area contributed by atoms with E-state index >= 15 is 0 Å². The van der Waals surface area contributed by atoms with Crippen molar-refractivity contribution in [3.05, 3.63) is 38.9 Å². The average molecular weight is 350 g/mol. The Balaban J connectivity index is 2.46. The SMILES string of the molecule is Brc1cccc(-c2coc(I)n2)c1. The molecule has 13 heavy (non-hydrogen) atoms. The summed E-state index contributed by atoms with van der Waals surface area (Å²) in [6.07, 6.45) is 1.66. The van der Waals surface area contributed by atoms with E-state index in [-0.39, 0.29) is 0 Å². The summed E-state index contributed by atoms with van der Waals surface area (Å²) in [6.45, 7) is 0. The second-order valence-electron chi connectivity index (χ2n) is 2.50. The van der Waals surface area contributed by atoms with Crippen LogP contribution in [-0.2, 0) is 0 Å². The average Bonchev–Trinajstić information content (AvgIpc) is 2.52. The first-order valence-corrected chi connectivity index (χ1v) is 5.50. The summed E-state index contributed by atoms with van der Waals surface area (Å²) in [5.74, 6) is 0. The molecule has 0 aliphatic heterocycles. The molecule has 66 valence electrons. The second kappa shape index (κ2) is 3.79. The monoisotopic (exact) mass is 349 g/mol. The lowest BCUT2D eigenvalue weighted by molar-refractivity contribution is 0.525. The van der Waals surface area contributed by atoms with E-state index in [1.165, 1.54) is 0 Å². The van der Waals surface area contributed by atoms with Crippen molar-refractivity contribution in [3.63, 3.8) is 0 Å². The summed E-state index contributed by atoms with van der Waals surface area (Å²) in [4.78, 5) is 4.22. The van der Waals surface area contributed by atoms with Crippen LogP contribution in [0.4, 0.5) is 0 Å². The Morgan fingerprint density at radius 3 is 2.85 bits per heavy atom. The van der Waals surface area contributed by atoms with E-state index in [9.17, 15) is 0 Å². The third-order valence-electron chi connectivity index (χ3n) is 1.60. The smallest absolute Gasteiger partial charge is 0.257 e. The third-order valence-corrected chi connectivity index (χ3v) is 2.59. The molecule has 1 heterocycles. The van der Waals surface area contributed by atoms with E-state index in [2.05, 4.69) is 20.9 Å². The zero-order chi connectivity index (χ0) is 9.26. The van der Waals surface area contributed by atoms with Gasteiger partial charge >= 0.3 is 0 Å². The van der Waals surface area contributed by atoms with Crippen LogP contribution in [0.1, 0.15) is 0 Å². The molecule has 1 aromatic heterocycles. The zero-order valence-electron chi connectivity index (χ0n) is 6.50. The lowest BCUT2D eigenvalue weighted by Gasteiger charge is -1.94. The van der Waals surface area contributed by atoms with Gasteiger partial charge in [0.05, 0.1) is 0 Å². The highest BCUT2D eigenvalue weighted by atomic mass is 127. The van der Waals surface area contributed by atoms with Crippen LogP contribution in [-0.4, -0.2) is 4.98 Å². The molecule has 0 radical (unpaired) electrons. The molecule has 0 spiro atoms. The topological polar surface area (TPSA) is 26.0 Å². The van der Waals surface area contributed by atoms with Crippen molar-refractivity contribution >= 4 is 38.5 Å². The van der Waals surface area contributed by atoms with Gasteiger partial charge in [0.1, 0.15) is 12.0 Å². The molecule has 1 aromatic carbocycles. The van der Waals surface area contributed by atoms with Crippen LogP contribution in [0.25, 0.3) is 11.3 Å². The van der Waals surface area contributed by atoms with E-state index in [0.717, 1.165) is 15.7 Å². The van der Waals surface area contributed by atoms with Crippen molar-refractivity contribution in [1.29, 1.82) is 0 Å². The van der Waals surface area contributed by atoms with E-state index < -0.39 is 0 Å². The predicted molar refractivity (Wildman–Crippen MR) is 62.4 cm³/mol. The van der Waals surface area contributed by atoms with Crippen LogP contribution in [0.2, 0.25) is 0 Å². The summed E-state index contributed by atoms with van der Waals surface area (Å²) >= 11 is 5.45. The number of oxazole rings is 1. The number of hydrogen-bond acceptors (Lipinski definition) is 2. The van der Waals surface area contributed by atoms with Crippen LogP contribution in [0.5, 0.6) is 0 Å². The number of nitrogens with zero attached hydrogens (tertiary/aromatic N) is 1. The molecular formula is C9H5BrINO. The van der Waals surface area contributed by atoms with Gasteiger partial charge in [0.25, 0.3) is 3.90 Å². The molecule has 0 saturated heterocycles. The number of rotatable bonds is 1. The molecule has 2 aromatic rings. The molecule has 0 saturated carbocycles. The molecule has 0 unspecified atom stereocenters. The van der Waals surface area contributed by atoms with Crippen molar-refractivity contribution in [2.45, 2.75) is 0 Å². The van der Waals surface area contributed by atoms with Crippen molar-refractivity contribution in [3.8, 4) is 11.3 Å². The molecule has 0 aliphatic carbocycles. The van der Waals surface area contributed by atoms with Crippen molar-refractivity contribution < 1.29 is 4.42 Å². The number of aromatic nitrogens is 1. The molecule has 0 atom stereocenters. The molecule has 2 rings (SSSR count). The van der Waals surface area contributed by atoms with Gasteiger partial charge in [-0.3, -0.25) is 0 Å². The Bertz CT molecular complexity index is 427. The lowest BCUT2D eigenvalue weighted by atomic mass is 10.2. The summed E-state index contributed by atoms with van der Waals surface area (Å²) in [6, 6.07) is 7.96. The van der Waals surface area contributed by atoms with E-state index in [1.54, 1.807) is 6.26 Å². The Kier molecular flexibility index (Phi) is 2.69. The maximum Gasteiger partial charge on any atom is 0.257 e. The normalized spacial score (nSPS) is 10.3. The van der Waals surface area contributed by atoms with Gasteiger partial charge in [0, 0.05) is 32.6 Å². The maximum absolute atomic E-state index is 5.12. The van der Waals surface area contributed by atoms with Gasteiger partial charge < -0.3 is 4.42 Å². The van der Waals surface area contributed by atoms with E-state index in [0.29, 0.717) is 3.90 Å². The van der Waals surface area contributed by atoms with Crippen molar-refractivity contribution in [2.24, 2.45) is 0 Å². The van der Waals surface area contributed by atoms with Crippen LogP contribution >= 0.6 is 38.5 Å². The number of halogens is 2. The first-order valence-electron chi connectivity index (χ1n) is 3.63. The van der Waals surface area contributed by atoms with Crippen LogP contribution in [0, 0.1) is 3.90 Å². The zero-order valence-corrected chi connectivity index (χ0v) is 10.2. The minimum absolute atomic E-state index is 0.660. The number of benzene rings is 1. The van der Waals surface area contributed by atoms with Gasteiger partial charge in [0.15, 0.2) is 0 Å². The third kappa shape index (κ3) is 2.11. The van der Waals surface area contributed by atoms with E-state index in [1.807, 2.05) is 46.9 Å². The highest BCUT2D eigenvalue weighted by Gasteiger charge is 2.03. The maximum atomic E-state index is 5.12. The molecule has 0 aliphatic rings. The lowest BCUT2D eigenvalue weighted by Crippen LogP contribution is -1.77. The van der Waals surface area contributed by atoms with Gasteiger partial charge in [-0.15, -0.1) is 0 Å². The van der Waals surface area contributed by atoms with Gasteiger partial charge in [-0.05, 0) is 12.1 Å². The fraction of sp³-hybridized carbons (Fsp3) is 0. The van der Waals surface area contributed by atoms with Crippen LogP contribution in [0.15, 0.2) is 39.4 Å². The first kappa shape index (κ1) is 9.21. The van der Waals surface area contributed by atoms with Gasteiger partial charge in [-0.25, -0.2) is 4.98 Å². The summed E-state index contributed by atoms with van der Waals surface area (Å²) in [5.41, 5.74) is 1.92. The highest BCUT2D eigenvalue weighted by molar-refractivity contribution is 14.1. The predicted octanol–water partition coefficient (Wildman–Crippen LogP) is 3.71. The highest BCUT2D eigenvalue weighted by Crippen LogP contribution is 2.22. The quantitative estimate of drug-likeness (QED) is 0.733. The van der Waals surface area contributed by atoms with Gasteiger partial charge in [-0.1, -0.05) is 28.1 Å². The Hall–Kier alpha value is -0.360. The fourth-order valence-corrected chi connectivity index (χ4v) is 1.82. The molecule has 0 bridgehead atoms. The fourth-order valence-electron chi connectivity index (χ4n) is 1.03. The van der Waals surface area contributed by atoms with Crippen LogP contribution < -0.4 is 0 Å². The summed E-state index contributed by atoms with van der Waals surface area (Å²) < 4.78 is 6.82. The van der Waals surface area contributed by atoms with E-state index in [4.69, 9.17) is 4.42 Å². The minimum Gasteiger partial charge on any atom is -0.440 e. The minimum atomic E-state index is 0.660. The Morgan fingerprint density at radius 2 is 2.23 bits per heavy atom. The van der Waals surface area contributed by atoms with Crippen LogP contribution in [0.3, 0.4) is 0 Å². The summed E-state index contributed by atoms with van der Waals surface area (Å²) in [7, 11) is 0. The molecule has 0 fully saturated rings. The molecule has 2 nitrogen and oxygen atoms in total. The Labute approximate surface area is 97.6 Å². The first-order chi connectivity index (χ1) is 6.25. The van der Waals surface area contributed by atoms with Crippen molar-refractivity contribution in [1.82, 2.24) is 4.98 Å². The standard InChI is InChI=1S/C9H5BrINO/c10-7-3-1-2-6(4-7)8-5-13-9(11)12-8/h1-5H. The largest absolute Gasteiger partial charge is 0.440 e. The number of hydrogen-bond donors (Lipinski definition) is 0. The van der Waals surface area contributed by atoms with Gasteiger partial charge in [0.2, 0.25) is 0 Å². The molecule has 0 amide bonds.